The minimum atomic E-state index is -4.64. The third-order valence-corrected chi connectivity index (χ3v) is 10.9. The molecule has 0 aliphatic carbocycles. The van der Waals surface area contributed by atoms with Crippen LogP contribution >= 0.6 is 7.82 Å². The maximum absolute atomic E-state index is 12.6. The van der Waals surface area contributed by atoms with Crippen LogP contribution in [0.1, 0.15) is 194 Å². The van der Waals surface area contributed by atoms with Gasteiger partial charge in [0.15, 0.2) is 6.10 Å². The van der Waals surface area contributed by atoms with E-state index in [-0.39, 0.29) is 25.6 Å². The van der Waals surface area contributed by atoms with E-state index in [0.717, 1.165) is 63.7 Å². The molecule has 0 radical (unpaired) electrons. The number of unbranched alkanes of at least 4 members (excludes halogenated alkanes) is 17. The first-order valence-corrected chi connectivity index (χ1v) is 25.0. The molecule has 60 heavy (non-hydrogen) atoms. The molecule has 0 amide bonds. The fraction of sp³-hybridized carbons (Fsp3) is 0.792. The van der Waals surface area contributed by atoms with Gasteiger partial charge in [-0.3, -0.25) is 18.6 Å². The van der Waals surface area contributed by atoms with Crippen molar-refractivity contribution in [2.75, 3.05) is 26.4 Å². The van der Waals surface area contributed by atoms with Crippen molar-refractivity contribution in [1.29, 1.82) is 0 Å². The second kappa shape index (κ2) is 42.2. The second-order valence-corrected chi connectivity index (χ2v) is 17.9. The quantitative estimate of drug-likeness (QED) is 0.0199. The van der Waals surface area contributed by atoms with Gasteiger partial charge in [-0.25, -0.2) is 4.57 Å². The van der Waals surface area contributed by atoms with Crippen LogP contribution in [-0.2, 0) is 32.7 Å². The highest BCUT2D eigenvalue weighted by Crippen LogP contribution is 2.43. The molecule has 0 saturated heterocycles. The van der Waals surface area contributed by atoms with Gasteiger partial charge in [-0.05, 0) is 50.9 Å². The summed E-state index contributed by atoms with van der Waals surface area (Å²) in [6.07, 6.45) is 41.3. The number of ether oxygens (including phenoxy) is 2. The van der Waals surface area contributed by atoms with Crippen LogP contribution in [0.25, 0.3) is 0 Å². The van der Waals surface area contributed by atoms with Gasteiger partial charge in [-0.2, -0.15) is 0 Å². The summed E-state index contributed by atoms with van der Waals surface area (Å²) in [6.45, 7) is 4.51. The lowest BCUT2D eigenvalue weighted by atomic mass is 10.0. The van der Waals surface area contributed by atoms with Gasteiger partial charge >= 0.3 is 19.8 Å². The lowest BCUT2D eigenvalue weighted by Gasteiger charge is -2.20. The Hall–Kier alpha value is -2.11. The topological polar surface area (TPSA) is 169 Å². The Kier molecular flexibility index (Phi) is 40.7. The third-order valence-electron chi connectivity index (χ3n) is 9.98. The van der Waals surface area contributed by atoms with Crippen LogP contribution < -0.4 is 0 Å². The normalized spacial score (nSPS) is 14.8. The van der Waals surface area contributed by atoms with Crippen molar-refractivity contribution in [3.8, 4) is 0 Å². The molecule has 0 aromatic carbocycles. The van der Waals surface area contributed by atoms with E-state index in [1.54, 1.807) is 0 Å². The van der Waals surface area contributed by atoms with Gasteiger partial charge in [0, 0.05) is 12.8 Å². The van der Waals surface area contributed by atoms with Crippen molar-refractivity contribution < 1.29 is 52.9 Å². The number of aliphatic hydroxyl groups is 3. The van der Waals surface area contributed by atoms with Crippen molar-refractivity contribution >= 4 is 19.8 Å². The van der Waals surface area contributed by atoms with E-state index < -0.39 is 51.8 Å². The average molecular weight is 871 g/mol. The van der Waals surface area contributed by atoms with Crippen LogP contribution in [0.2, 0.25) is 0 Å². The van der Waals surface area contributed by atoms with Crippen molar-refractivity contribution in [3.63, 3.8) is 0 Å². The summed E-state index contributed by atoms with van der Waals surface area (Å²) in [6, 6.07) is 0. The molecule has 12 heteroatoms. The summed E-state index contributed by atoms with van der Waals surface area (Å²) in [4.78, 5) is 35.1. The molecule has 0 bridgehead atoms. The molecule has 1 unspecified atom stereocenters. The first-order valence-electron chi connectivity index (χ1n) is 23.5. The van der Waals surface area contributed by atoms with Crippen molar-refractivity contribution in [3.05, 3.63) is 48.6 Å². The van der Waals surface area contributed by atoms with Crippen molar-refractivity contribution in [2.24, 2.45) is 5.92 Å². The Morgan fingerprint density at radius 3 is 1.60 bits per heavy atom. The number of rotatable bonds is 43. The Morgan fingerprint density at radius 1 is 0.583 bits per heavy atom. The Labute approximate surface area is 365 Å². The largest absolute Gasteiger partial charge is 0.472 e. The summed E-state index contributed by atoms with van der Waals surface area (Å²) >= 11 is 0. The van der Waals surface area contributed by atoms with E-state index in [2.05, 4.69) is 49.6 Å². The number of allylic oxidation sites excluding steroid dienone is 7. The Bertz CT molecular complexity index is 1170. The predicted molar refractivity (Wildman–Crippen MR) is 243 cm³/mol. The molecule has 4 N–H and O–H groups in total. The number of phosphoric acid groups is 1. The van der Waals surface area contributed by atoms with Gasteiger partial charge < -0.3 is 29.7 Å². The predicted octanol–water partition coefficient (Wildman–Crippen LogP) is 11.7. The van der Waals surface area contributed by atoms with E-state index in [0.29, 0.717) is 19.3 Å². The van der Waals surface area contributed by atoms with E-state index in [1.165, 1.54) is 83.5 Å². The van der Waals surface area contributed by atoms with Gasteiger partial charge in [0.2, 0.25) is 0 Å². The molecule has 0 fully saturated rings. The van der Waals surface area contributed by atoms with Crippen LogP contribution in [0.15, 0.2) is 48.6 Å². The zero-order valence-corrected chi connectivity index (χ0v) is 38.8. The van der Waals surface area contributed by atoms with E-state index in [9.17, 15) is 29.3 Å². The number of hydrogen-bond acceptors (Lipinski definition) is 10. The number of phosphoric ester groups is 1. The molecule has 0 spiro atoms. The zero-order chi connectivity index (χ0) is 44.4. The highest BCUT2D eigenvalue weighted by atomic mass is 31.2. The molecule has 350 valence electrons. The van der Waals surface area contributed by atoms with Crippen LogP contribution in [0, 0.1) is 5.92 Å². The molecular formula is C48H87O11P. The van der Waals surface area contributed by atoms with Crippen molar-refractivity contribution in [2.45, 2.75) is 212 Å². The lowest BCUT2D eigenvalue weighted by Crippen LogP contribution is -2.29. The molecular weight excluding hydrogens is 783 g/mol. The zero-order valence-electron chi connectivity index (χ0n) is 37.9. The van der Waals surface area contributed by atoms with Gasteiger partial charge in [0.05, 0.1) is 25.9 Å². The molecule has 0 aliphatic rings. The maximum atomic E-state index is 12.6. The summed E-state index contributed by atoms with van der Waals surface area (Å²) in [7, 11) is -4.64. The molecule has 0 aliphatic heterocycles. The third kappa shape index (κ3) is 42.6. The molecule has 0 aromatic heterocycles. The fourth-order valence-corrected chi connectivity index (χ4v) is 7.10. The van der Waals surface area contributed by atoms with Crippen LogP contribution in [0.5, 0.6) is 0 Å². The molecule has 0 heterocycles. The van der Waals surface area contributed by atoms with E-state index in [1.807, 2.05) is 24.3 Å². The van der Waals surface area contributed by atoms with Crippen LogP contribution in [0.4, 0.5) is 0 Å². The number of carbonyl (C=O) groups excluding carboxylic acids is 2. The van der Waals surface area contributed by atoms with E-state index in [4.69, 9.17) is 19.1 Å². The van der Waals surface area contributed by atoms with Crippen molar-refractivity contribution in [1.82, 2.24) is 0 Å². The summed E-state index contributed by atoms with van der Waals surface area (Å²) in [5.74, 6) is -0.181. The van der Waals surface area contributed by atoms with Gasteiger partial charge in [0.25, 0.3) is 0 Å². The molecule has 0 aromatic rings. The number of hydrogen-bond donors (Lipinski definition) is 4. The minimum absolute atomic E-state index is 0.149. The molecule has 0 rings (SSSR count). The Balaban J connectivity index is 4.34. The number of esters is 2. The lowest BCUT2D eigenvalue weighted by molar-refractivity contribution is -0.161. The van der Waals surface area contributed by atoms with Crippen LogP contribution in [-0.4, -0.2) is 76.9 Å². The SMILES string of the molecule is CCCC[C@H](O)/C=C\C/C=C\C/C=C\C/C=C\CCCC(=O)OC[C@H](COP(=O)(O)OC[C@@H](O)CO)OC(=O)CCCCCCCCCCCCCCCCCCC(C)C. The summed E-state index contributed by atoms with van der Waals surface area (Å²) in [5.41, 5.74) is 0. The second-order valence-electron chi connectivity index (χ2n) is 16.4. The van der Waals surface area contributed by atoms with Gasteiger partial charge in [-0.15, -0.1) is 0 Å². The summed E-state index contributed by atoms with van der Waals surface area (Å²) in [5, 5.41) is 28.2. The van der Waals surface area contributed by atoms with Crippen LogP contribution in [0.3, 0.4) is 0 Å². The highest BCUT2D eigenvalue weighted by Gasteiger charge is 2.27. The smallest absolute Gasteiger partial charge is 0.462 e. The fourth-order valence-electron chi connectivity index (χ4n) is 6.31. The average Bonchev–Trinajstić information content (AvgIpc) is 3.22. The molecule has 11 nitrogen and oxygen atoms in total. The maximum Gasteiger partial charge on any atom is 0.472 e. The number of carbonyl (C=O) groups is 2. The monoisotopic (exact) mass is 871 g/mol. The standard InChI is InChI=1S/C48H87O11P/c1-4-5-35-44(50)36-31-27-23-19-15-12-13-16-20-24-28-32-37-47(52)56-41-46(42-58-60(54,55)57-40-45(51)39-49)59-48(53)38-33-29-25-21-17-11-9-7-6-8-10-14-18-22-26-30-34-43(2)3/h12-13,19-20,23-24,31,36,43-46,49-51H,4-11,14-18,21-22,25-30,32-35,37-42H2,1-3H3,(H,54,55)/b13-12-,23-19-,24-20-,36-31-/t44-,45-,46+/m0/s1. The minimum Gasteiger partial charge on any atom is -0.462 e. The highest BCUT2D eigenvalue weighted by molar-refractivity contribution is 7.47. The first-order chi connectivity index (χ1) is 29.0. The summed E-state index contributed by atoms with van der Waals surface area (Å²) < 4.78 is 32.7. The first kappa shape index (κ1) is 57.9. The van der Waals surface area contributed by atoms with Gasteiger partial charge in [0.1, 0.15) is 12.7 Å². The van der Waals surface area contributed by atoms with E-state index >= 15 is 0 Å². The van der Waals surface area contributed by atoms with Gasteiger partial charge in [-0.1, -0.05) is 185 Å². The Morgan fingerprint density at radius 2 is 1.07 bits per heavy atom. The number of aliphatic hydroxyl groups excluding tert-OH is 3. The molecule has 4 atom stereocenters. The molecule has 0 saturated carbocycles.